The summed E-state index contributed by atoms with van der Waals surface area (Å²) in [5.41, 5.74) is 4.85. The van der Waals surface area contributed by atoms with Crippen molar-refractivity contribution in [3.8, 4) is 0 Å². The van der Waals surface area contributed by atoms with Crippen LogP contribution in [0.2, 0.25) is 0 Å². The van der Waals surface area contributed by atoms with Gasteiger partial charge in [0, 0.05) is 12.1 Å². The quantitative estimate of drug-likeness (QED) is 0.567. The first kappa shape index (κ1) is 9.48. The van der Waals surface area contributed by atoms with Crippen molar-refractivity contribution in [2.45, 2.75) is 38.5 Å². The Hall–Kier alpha value is -0.610. The minimum Gasteiger partial charge on any atom is -0.367 e. The summed E-state index contributed by atoms with van der Waals surface area (Å²) in [4.78, 5) is 11.0. The van der Waals surface area contributed by atoms with Crippen LogP contribution in [0, 0.1) is 0 Å². The van der Waals surface area contributed by atoms with E-state index in [9.17, 15) is 4.79 Å². The lowest BCUT2D eigenvalue weighted by molar-refractivity contribution is -0.145. The van der Waals surface area contributed by atoms with Gasteiger partial charge in [0.1, 0.15) is 0 Å². The Morgan fingerprint density at radius 2 is 2.25 bits per heavy atom. The molecule has 0 aromatic carbocycles. The van der Waals surface area contributed by atoms with Crippen molar-refractivity contribution in [1.82, 2.24) is 5.32 Å². The van der Waals surface area contributed by atoms with Crippen molar-refractivity contribution in [2.75, 3.05) is 6.54 Å². The third kappa shape index (κ3) is 1.76. The maximum absolute atomic E-state index is 11.0. The van der Waals surface area contributed by atoms with E-state index < -0.39 is 12.0 Å². The Kier molecular flexibility index (Phi) is 2.39. The molecule has 1 saturated heterocycles. The van der Waals surface area contributed by atoms with Crippen LogP contribution in [-0.2, 0) is 9.53 Å². The van der Waals surface area contributed by atoms with Gasteiger partial charge in [-0.3, -0.25) is 4.79 Å². The predicted molar refractivity (Wildman–Crippen MR) is 45.6 cm³/mol. The van der Waals surface area contributed by atoms with Crippen LogP contribution >= 0.6 is 0 Å². The van der Waals surface area contributed by atoms with Crippen molar-refractivity contribution in [3.05, 3.63) is 0 Å². The molecule has 0 spiro atoms. The maximum atomic E-state index is 11.0. The third-order valence-electron chi connectivity index (χ3n) is 2.13. The normalized spacial score (nSPS) is 34.6. The smallest absolute Gasteiger partial charge is 0.248 e. The summed E-state index contributed by atoms with van der Waals surface area (Å²) in [7, 11) is 0. The van der Waals surface area contributed by atoms with E-state index >= 15 is 0 Å². The fraction of sp³-hybridized carbons (Fsp3) is 0.875. The number of rotatable bonds is 1. The second kappa shape index (κ2) is 3.03. The first-order valence-electron chi connectivity index (χ1n) is 4.13. The van der Waals surface area contributed by atoms with Gasteiger partial charge in [-0.05, 0) is 20.8 Å². The van der Waals surface area contributed by atoms with Gasteiger partial charge in [-0.2, -0.15) is 0 Å². The summed E-state index contributed by atoms with van der Waals surface area (Å²) in [5, 5.41) is 3.21. The fourth-order valence-electron chi connectivity index (χ4n) is 1.37. The number of carbonyl (C=O) groups is 1. The van der Waals surface area contributed by atoms with Gasteiger partial charge in [0.25, 0.3) is 0 Å². The van der Waals surface area contributed by atoms with Crippen LogP contribution < -0.4 is 11.1 Å². The molecule has 3 N–H and O–H groups in total. The van der Waals surface area contributed by atoms with Crippen molar-refractivity contribution in [3.63, 3.8) is 0 Å². The Bertz CT molecular complexity index is 191. The number of primary amides is 1. The number of nitrogens with two attached hydrogens (primary N) is 1. The van der Waals surface area contributed by atoms with E-state index in [2.05, 4.69) is 5.32 Å². The molecule has 2 atom stereocenters. The molecular formula is C8H16N2O2. The molecule has 1 fully saturated rings. The van der Waals surface area contributed by atoms with Gasteiger partial charge in [-0.15, -0.1) is 0 Å². The van der Waals surface area contributed by atoms with E-state index in [1.807, 2.05) is 20.8 Å². The maximum Gasteiger partial charge on any atom is 0.248 e. The highest BCUT2D eigenvalue weighted by molar-refractivity contribution is 5.80. The number of amides is 1. The number of hydrogen-bond acceptors (Lipinski definition) is 3. The van der Waals surface area contributed by atoms with Crippen LogP contribution in [0.25, 0.3) is 0 Å². The van der Waals surface area contributed by atoms with E-state index in [1.165, 1.54) is 0 Å². The van der Waals surface area contributed by atoms with Gasteiger partial charge in [0.05, 0.1) is 6.10 Å². The Morgan fingerprint density at radius 1 is 1.67 bits per heavy atom. The van der Waals surface area contributed by atoms with Gasteiger partial charge < -0.3 is 15.8 Å². The van der Waals surface area contributed by atoms with Gasteiger partial charge in [0.2, 0.25) is 5.91 Å². The highest BCUT2D eigenvalue weighted by atomic mass is 16.5. The average molecular weight is 172 g/mol. The number of morpholine rings is 1. The zero-order chi connectivity index (χ0) is 9.35. The van der Waals surface area contributed by atoms with Crippen molar-refractivity contribution in [1.29, 1.82) is 0 Å². The van der Waals surface area contributed by atoms with Crippen LogP contribution in [0.4, 0.5) is 0 Å². The lowest BCUT2D eigenvalue weighted by atomic mass is 9.94. The lowest BCUT2D eigenvalue weighted by Crippen LogP contribution is -2.62. The summed E-state index contributed by atoms with van der Waals surface area (Å²) in [6, 6.07) is 0. The van der Waals surface area contributed by atoms with Crippen molar-refractivity contribution in [2.24, 2.45) is 5.73 Å². The van der Waals surface area contributed by atoms with Gasteiger partial charge in [0.15, 0.2) is 6.10 Å². The SMILES string of the molecule is CC1CNC(C)(C)C(C(N)=O)O1. The number of ether oxygens (including phenoxy) is 1. The molecule has 0 radical (unpaired) electrons. The number of carbonyl (C=O) groups excluding carboxylic acids is 1. The first-order chi connectivity index (χ1) is 5.43. The van der Waals surface area contributed by atoms with E-state index in [1.54, 1.807) is 0 Å². The predicted octanol–water partition coefficient (Wildman–Crippen LogP) is -0.373. The van der Waals surface area contributed by atoms with Crippen LogP contribution in [-0.4, -0.2) is 30.2 Å². The van der Waals surface area contributed by atoms with Crippen LogP contribution in [0.15, 0.2) is 0 Å². The Balaban J connectivity index is 2.72. The van der Waals surface area contributed by atoms with E-state index in [0.29, 0.717) is 0 Å². The lowest BCUT2D eigenvalue weighted by Gasteiger charge is -2.40. The van der Waals surface area contributed by atoms with Crippen LogP contribution in [0.3, 0.4) is 0 Å². The second-order valence-electron chi connectivity index (χ2n) is 3.83. The Labute approximate surface area is 72.5 Å². The van der Waals surface area contributed by atoms with Gasteiger partial charge in [-0.25, -0.2) is 0 Å². The molecule has 1 amide bonds. The molecule has 0 bridgehead atoms. The summed E-state index contributed by atoms with van der Waals surface area (Å²) >= 11 is 0. The molecule has 0 aromatic rings. The molecule has 1 aliphatic heterocycles. The number of nitrogens with one attached hydrogen (secondary N) is 1. The monoisotopic (exact) mass is 172 g/mol. The molecule has 1 aliphatic rings. The Morgan fingerprint density at radius 3 is 2.67 bits per heavy atom. The number of hydrogen-bond donors (Lipinski definition) is 2. The minimum absolute atomic E-state index is 0.0514. The van der Waals surface area contributed by atoms with Gasteiger partial charge >= 0.3 is 0 Å². The van der Waals surface area contributed by atoms with Gasteiger partial charge in [-0.1, -0.05) is 0 Å². The summed E-state index contributed by atoms with van der Waals surface area (Å²) in [6.07, 6.45) is -0.475. The van der Waals surface area contributed by atoms with E-state index in [0.717, 1.165) is 6.54 Å². The molecule has 70 valence electrons. The molecule has 1 heterocycles. The van der Waals surface area contributed by atoms with Crippen LogP contribution in [0.1, 0.15) is 20.8 Å². The minimum atomic E-state index is -0.527. The molecule has 0 aromatic heterocycles. The standard InChI is InChI=1S/C8H16N2O2/c1-5-4-10-8(2,3)6(12-5)7(9)11/h5-6,10H,4H2,1-3H3,(H2,9,11). The molecule has 0 aliphatic carbocycles. The molecular weight excluding hydrogens is 156 g/mol. The van der Waals surface area contributed by atoms with Crippen LogP contribution in [0.5, 0.6) is 0 Å². The summed E-state index contributed by atoms with van der Waals surface area (Å²) < 4.78 is 5.43. The zero-order valence-corrected chi connectivity index (χ0v) is 7.76. The highest BCUT2D eigenvalue weighted by Crippen LogP contribution is 2.18. The second-order valence-corrected chi connectivity index (χ2v) is 3.83. The third-order valence-corrected chi connectivity index (χ3v) is 2.13. The van der Waals surface area contributed by atoms with Crippen molar-refractivity contribution >= 4 is 5.91 Å². The van der Waals surface area contributed by atoms with Crippen molar-refractivity contribution < 1.29 is 9.53 Å². The van der Waals surface area contributed by atoms with E-state index in [4.69, 9.17) is 10.5 Å². The molecule has 1 rings (SSSR count). The molecule has 2 unspecified atom stereocenters. The largest absolute Gasteiger partial charge is 0.367 e. The summed E-state index contributed by atoms with van der Waals surface area (Å²) in [6.45, 7) is 6.50. The van der Waals surface area contributed by atoms with E-state index in [-0.39, 0.29) is 11.6 Å². The fourth-order valence-corrected chi connectivity index (χ4v) is 1.37. The molecule has 0 saturated carbocycles. The molecule has 12 heavy (non-hydrogen) atoms. The topological polar surface area (TPSA) is 64.3 Å². The zero-order valence-electron chi connectivity index (χ0n) is 7.76. The first-order valence-corrected chi connectivity index (χ1v) is 4.13. The molecule has 4 heteroatoms. The molecule has 4 nitrogen and oxygen atoms in total. The highest BCUT2D eigenvalue weighted by Gasteiger charge is 2.39. The summed E-state index contributed by atoms with van der Waals surface area (Å²) in [5.74, 6) is -0.404. The average Bonchev–Trinajstić information content (AvgIpc) is 1.94.